The van der Waals surface area contributed by atoms with Crippen molar-refractivity contribution in [2.45, 2.75) is 23.3 Å². The zero-order valence-electron chi connectivity index (χ0n) is 11.1. The zero-order valence-corrected chi connectivity index (χ0v) is 13.5. The van der Waals surface area contributed by atoms with Gasteiger partial charge in [-0.2, -0.15) is 9.82 Å². The van der Waals surface area contributed by atoms with Gasteiger partial charge in [0.1, 0.15) is 0 Å². The number of halogens is 1. The fourth-order valence-electron chi connectivity index (χ4n) is 2.20. The highest BCUT2D eigenvalue weighted by molar-refractivity contribution is 7.89. The summed E-state index contributed by atoms with van der Waals surface area (Å²) < 4.78 is 29.8. The quantitative estimate of drug-likeness (QED) is 0.832. The van der Waals surface area contributed by atoms with Crippen LogP contribution in [-0.4, -0.2) is 23.2 Å². The minimum atomic E-state index is -3.64. The first kappa shape index (κ1) is 14.7. The number of nitrogens with one attached hydrogen (secondary N) is 2. The lowest BCUT2D eigenvalue weighted by molar-refractivity contribution is 0.526. The van der Waals surface area contributed by atoms with Crippen molar-refractivity contribution in [2.75, 3.05) is 0 Å². The number of hydrogen-bond acceptors (Lipinski definition) is 4. The minimum absolute atomic E-state index is 0.176. The van der Waals surface area contributed by atoms with Gasteiger partial charge in [0.05, 0.1) is 10.4 Å². The maximum atomic E-state index is 12.5. The first-order valence-electron chi connectivity index (χ1n) is 6.25. The van der Waals surface area contributed by atoms with Crippen LogP contribution in [0, 0.1) is 4.77 Å². The highest BCUT2D eigenvalue weighted by Gasteiger charge is 2.51. The van der Waals surface area contributed by atoms with Gasteiger partial charge < -0.3 is 4.57 Å². The van der Waals surface area contributed by atoms with Gasteiger partial charge in [-0.05, 0) is 49.3 Å². The molecule has 1 heterocycles. The van der Waals surface area contributed by atoms with Crippen LogP contribution in [0.25, 0.3) is 0 Å². The second-order valence-electron chi connectivity index (χ2n) is 5.05. The molecule has 9 heteroatoms. The average Bonchev–Trinajstić information content (AvgIpc) is 3.10. The molecular formula is C12H13ClN4O2S2. The molecule has 0 unspecified atom stereocenters. The Hall–Kier alpha value is -1.22. The summed E-state index contributed by atoms with van der Waals surface area (Å²) >= 11 is 10.9. The SMILES string of the molecule is Cn1c(C2(NS(=O)(=O)c3ccc(Cl)cc3)CC2)n[nH]c1=S. The number of aromatic nitrogens is 3. The number of nitrogens with zero attached hydrogens (tertiary/aromatic N) is 2. The lowest BCUT2D eigenvalue weighted by atomic mass is 10.3. The summed E-state index contributed by atoms with van der Waals surface area (Å²) in [6.45, 7) is 0. The lowest BCUT2D eigenvalue weighted by Gasteiger charge is -2.16. The second kappa shape index (κ2) is 4.91. The Balaban J connectivity index is 1.94. The number of rotatable bonds is 4. The van der Waals surface area contributed by atoms with Crippen LogP contribution in [0.5, 0.6) is 0 Å². The van der Waals surface area contributed by atoms with Gasteiger partial charge in [-0.15, -0.1) is 0 Å². The molecule has 1 aromatic heterocycles. The monoisotopic (exact) mass is 344 g/mol. The number of hydrogen-bond donors (Lipinski definition) is 2. The molecule has 1 aromatic carbocycles. The van der Waals surface area contributed by atoms with Crippen LogP contribution in [0.1, 0.15) is 18.7 Å². The molecule has 3 rings (SSSR count). The molecule has 0 bridgehead atoms. The lowest BCUT2D eigenvalue weighted by Crippen LogP contribution is -2.36. The van der Waals surface area contributed by atoms with E-state index in [0.29, 0.717) is 28.5 Å². The molecule has 0 spiro atoms. The molecule has 0 radical (unpaired) electrons. The van der Waals surface area contributed by atoms with Crippen LogP contribution in [0.3, 0.4) is 0 Å². The van der Waals surface area contributed by atoms with E-state index in [1.54, 1.807) is 23.7 Å². The molecule has 1 fully saturated rings. The van der Waals surface area contributed by atoms with Gasteiger partial charge >= 0.3 is 0 Å². The van der Waals surface area contributed by atoms with Crippen molar-refractivity contribution in [2.24, 2.45) is 7.05 Å². The van der Waals surface area contributed by atoms with Crippen LogP contribution < -0.4 is 4.72 Å². The summed E-state index contributed by atoms with van der Waals surface area (Å²) in [5, 5.41) is 7.31. The van der Waals surface area contributed by atoms with E-state index in [4.69, 9.17) is 23.8 Å². The summed E-state index contributed by atoms with van der Waals surface area (Å²) in [6.07, 6.45) is 1.38. The molecule has 0 aliphatic heterocycles. The van der Waals surface area contributed by atoms with E-state index in [1.165, 1.54) is 12.1 Å². The van der Waals surface area contributed by atoms with Gasteiger partial charge in [0.25, 0.3) is 0 Å². The van der Waals surface area contributed by atoms with Gasteiger partial charge in [-0.3, -0.25) is 5.10 Å². The molecule has 0 atom stereocenters. The fraction of sp³-hybridized carbons (Fsp3) is 0.333. The fourth-order valence-corrected chi connectivity index (χ4v) is 3.88. The summed E-state index contributed by atoms with van der Waals surface area (Å²) in [6, 6.07) is 6.05. The van der Waals surface area contributed by atoms with Crippen molar-refractivity contribution in [3.05, 3.63) is 39.9 Å². The summed E-state index contributed by atoms with van der Waals surface area (Å²) in [4.78, 5) is 0.176. The van der Waals surface area contributed by atoms with Crippen molar-refractivity contribution in [1.82, 2.24) is 19.5 Å². The summed E-state index contributed by atoms with van der Waals surface area (Å²) in [7, 11) is -1.88. The third kappa shape index (κ3) is 2.64. The molecule has 2 aromatic rings. The third-order valence-corrected chi connectivity index (χ3v) is 5.68. The highest BCUT2D eigenvalue weighted by Crippen LogP contribution is 2.45. The van der Waals surface area contributed by atoms with Gasteiger partial charge in [0, 0.05) is 12.1 Å². The molecule has 21 heavy (non-hydrogen) atoms. The molecule has 112 valence electrons. The van der Waals surface area contributed by atoms with E-state index >= 15 is 0 Å². The van der Waals surface area contributed by atoms with Crippen LogP contribution in [-0.2, 0) is 22.6 Å². The Kier molecular flexibility index (Phi) is 3.44. The number of benzene rings is 1. The number of H-pyrrole nitrogens is 1. The first-order chi connectivity index (χ1) is 9.84. The van der Waals surface area contributed by atoms with Crippen LogP contribution in [0.2, 0.25) is 5.02 Å². The van der Waals surface area contributed by atoms with Crippen molar-refractivity contribution in [3.8, 4) is 0 Å². The number of aromatic amines is 1. The van der Waals surface area contributed by atoms with Crippen LogP contribution in [0.15, 0.2) is 29.2 Å². The van der Waals surface area contributed by atoms with Crippen LogP contribution >= 0.6 is 23.8 Å². The van der Waals surface area contributed by atoms with E-state index in [2.05, 4.69) is 14.9 Å². The normalized spacial score (nSPS) is 16.9. The Morgan fingerprint density at radius 3 is 2.48 bits per heavy atom. The molecule has 1 aliphatic rings. The van der Waals surface area contributed by atoms with Crippen molar-refractivity contribution < 1.29 is 8.42 Å². The maximum Gasteiger partial charge on any atom is 0.241 e. The third-order valence-electron chi connectivity index (χ3n) is 3.51. The molecule has 0 saturated heterocycles. The standard InChI is InChI=1S/C12H13ClN4O2S2/c1-17-10(14-15-11(17)20)12(6-7-12)16-21(18,19)9-4-2-8(13)3-5-9/h2-5,16H,6-7H2,1H3,(H,15,20). The summed E-state index contributed by atoms with van der Waals surface area (Å²) in [5.41, 5.74) is -0.680. The van der Waals surface area contributed by atoms with Crippen molar-refractivity contribution >= 4 is 33.8 Å². The largest absolute Gasteiger partial charge is 0.306 e. The topological polar surface area (TPSA) is 79.8 Å². The van der Waals surface area contributed by atoms with Gasteiger partial charge in [0.2, 0.25) is 10.0 Å². The molecule has 0 amide bonds. The predicted octanol–water partition coefficient (Wildman–Crippen LogP) is 2.10. The Bertz CT molecular complexity index is 835. The van der Waals surface area contributed by atoms with E-state index in [0.717, 1.165) is 0 Å². The van der Waals surface area contributed by atoms with Crippen LogP contribution in [0.4, 0.5) is 0 Å². The Morgan fingerprint density at radius 1 is 1.38 bits per heavy atom. The van der Waals surface area contributed by atoms with E-state index < -0.39 is 15.6 Å². The van der Waals surface area contributed by atoms with Gasteiger partial charge in [-0.1, -0.05) is 11.6 Å². The van der Waals surface area contributed by atoms with Crippen molar-refractivity contribution in [1.29, 1.82) is 0 Å². The van der Waals surface area contributed by atoms with E-state index in [1.807, 2.05) is 0 Å². The zero-order chi connectivity index (χ0) is 15.3. The van der Waals surface area contributed by atoms with E-state index in [-0.39, 0.29) is 4.90 Å². The second-order valence-corrected chi connectivity index (χ2v) is 7.56. The Labute approximate surface area is 132 Å². The first-order valence-corrected chi connectivity index (χ1v) is 8.52. The van der Waals surface area contributed by atoms with Gasteiger partial charge in [0.15, 0.2) is 10.6 Å². The predicted molar refractivity (Wildman–Crippen MR) is 81.1 cm³/mol. The minimum Gasteiger partial charge on any atom is -0.306 e. The smallest absolute Gasteiger partial charge is 0.241 e. The Morgan fingerprint density at radius 2 is 2.00 bits per heavy atom. The van der Waals surface area contributed by atoms with Gasteiger partial charge in [-0.25, -0.2) is 8.42 Å². The molecule has 1 aliphatic carbocycles. The average molecular weight is 345 g/mol. The van der Waals surface area contributed by atoms with Crippen molar-refractivity contribution in [3.63, 3.8) is 0 Å². The highest BCUT2D eigenvalue weighted by atomic mass is 35.5. The number of sulfonamides is 1. The maximum absolute atomic E-state index is 12.5. The molecule has 6 nitrogen and oxygen atoms in total. The molecule has 2 N–H and O–H groups in total. The van der Waals surface area contributed by atoms with E-state index in [9.17, 15) is 8.42 Å². The summed E-state index contributed by atoms with van der Waals surface area (Å²) in [5.74, 6) is 0.602. The molecular weight excluding hydrogens is 332 g/mol. The molecule has 1 saturated carbocycles.